The minimum atomic E-state index is -0.551. The molecule has 2 heterocycles. The number of hydrogen-bond donors (Lipinski definition) is 1. The van der Waals surface area contributed by atoms with Crippen LogP contribution in [0.25, 0.3) is 11.3 Å². The van der Waals surface area contributed by atoms with Crippen LogP contribution in [0, 0.1) is 11.7 Å². The van der Waals surface area contributed by atoms with Gasteiger partial charge in [-0.2, -0.15) is 0 Å². The molecule has 0 bridgehead atoms. The first kappa shape index (κ1) is 21.1. The van der Waals surface area contributed by atoms with Gasteiger partial charge in [-0.05, 0) is 49.9 Å². The van der Waals surface area contributed by atoms with E-state index in [0.717, 1.165) is 5.69 Å². The number of benzene rings is 2. The molecule has 3 aromatic rings. The average molecular weight is 446 g/mol. The highest BCUT2D eigenvalue weighted by Gasteiger charge is 2.48. The monoisotopic (exact) mass is 446 g/mol. The third-order valence-electron chi connectivity index (χ3n) is 6.36. The van der Waals surface area contributed by atoms with E-state index in [-0.39, 0.29) is 23.7 Å². The fourth-order valence-electron chi connectivity index (χ4n) is 4.53. The topological polar surface area (TPSA) is 84.4 Å². The Labute approximate surface area is 190 Å². The first-order valence-electron chi connectivity index (χ1n) is 11.0. The molecule has 5 rings (SSSR count). The first-order valence-corrected chi connectivity index (χ1v) is 11.0. The molecule has 1 saturated heterocycles. The van der Waals surface area contributed by atoms with Crippen LogP contribution in [0.15, 0.2) is 67.0 Å². The fourth-order valence-corrected chi connectivity index (χ4v) is 4.53. The van der Waals surface area contributed by atoms with Crippen LogP contribution in [-0.4, -0.2) is 34.1 Å². The van der Waals surface area contributed by atoms with E-state index in [4.69, 9.17) is 4.74 Å². The minimum absolute atomic E-state index is 0.137. The molecule has 0 atom stereocenters. The van der Waals surface area contributed by atoms with Gasteiger partial charge in [-0.1, -0.05) is 30.3 Å². The van der Waals surface area contributed by atoms with Gasteiger partial charge >= 0.3 is 6.09 Å². The molecule has 33 heavy (non-hydrogen) atoms. The Balaban J connectivity index is 1.18. The Hall–Kier alpha value is -3.81. The maximum Gasteiger partial charge on any atom is 0.415 e. The summed E-state index contributed by atoms with van der Waals surface area (Å²) in [6.07, 6.45) is 5.01. The van der Waals surface area contributed by atoms with Crippen molar-refractivity contribution in [3.05, 3.63) is 72.8 Å². The lowest BCUT2D eigenvalue weighted by Gasteiger charge is -2.34. The lowest BCUT2D eigenvalue weighted by atomic mass is 9.78. The number of carbonyl (C=O) groups excluding carboxylic acids is 2. The van der Waals surface area contributed by atoms with Crippen molar-refractivity contribution in [1.82, 2.24) is 9.97 Å². The van der Waals surface area contributed by atoms with Crippen molar-refractivity contribution in [3.63, 3.8) is 0 Å². The fraction of sp³-hybridized carbons (Fsp3) is 0.280. The summed E-state index contributed by atoms with van der Waals surface area (Å²) in [6, 6.07) is 15.8. The summed E-state index contributed by atoms with van der Waals surface area (Å²) in [7, 11) is 0. The molecule has 2 fully saturated rings. The Morgan fingerprint density at radius 1 is 1.03 bits per heavy atom. The molecule has 2 aromatic carbocycles. The molecule has 8 heteroatoms. The summed E-state index contributed by atoms with van der Waals surface area (Å²) in [5, 5.41) is 2.80. The smallest absolute Gasteiger partial charge is 0.415 e. The number of hydrogen-bond acceptors (Lipinski definition) is 5. The molecule has 7 nitrogen and oxygen atoms in total. The van der Waals surface area contributed by atoms with Gasteiger partial charge in [0.2, 0.25) is 5.91 Å². The molecule has 1 spiro atoms. The number of para-hydroxylation sites is 1. The van der Waals surface area contributed by atoms with Crippen molar-refractivity contribution < 1.29 is 18.7 Å². The van der Waals surface area contributed by atoms with E-state index in [9.17, 15) is 14.0 Å². The van der Waals surface area contributed by atoms with Crippen molar-refractivity contribution in [1.29, 1.82) is 0 Å². The molecule has 1 saturated carbocycles. The van der Waals surface area contributed by atoms with E-state index >= 15 is 0 Å². The number of ether oxygens (including phenoxy) is 1. The Bertz CT molecular complexity index is 1160. The molecule has 0 radical (unpaired) electrons. The summed E-state index contributed by atoms with van der Waals surface area (Å²) in [4.78, 5) is 35.3. The van der Waals surface area contributed by atoms with Crippen LogP contribution in [0.5, 0.6) is 0 Å². The molecule has 1 aliphatic carbocycles. The second-order valence-electron chi connectivity index (χ2n) is 8.50. The van der Waals surface area contributed by atoms with Gasteiger partial charge < -0.3 is 10.1 Å². The standard InChI is InChI=1S/C25H23FN4O3/c26-20-9-5-4-8-19(20)21-14-28-22(15-27-21)29-23(31)17-10-12-25(13-11-17)16-30(24(32)33-25)18-6-2-1-3-7-18/h1-9,14-15,17H,10-13,16H2,(H,28,29,31)/t17-,25-. The highest BCUT2D eigenvalue weighted by atomic mass is 19.1. The number of amides is 2. The second kappa shape index (κ2) is 8.61. The molecule has 168 valence electrons. The van der Waals surface area contributed by atoms with Crippen molar-refractivity contribution in [2.75, 3.05) is 16.8 Å². The van der Waals surface area contributed by atoms with Gasteiger partial charge in [-0.3, -0.25) is 14.7 Å². The van der Waals surface area contributed by atoms with Crippen LogP contribution in [0.3, 0.4) is 0 Å². The summed E-state index contributed by atoms with van der Waals surface area (Å²) in [5.74, 6) is -0.392. The Kier molecular flexibility index (Phi) is 5.50. The van der Waals surface area contributed by atoms with Gasteiger partial charge in [-0.25, -0.2) is 14.2 Å². The number of rotatable bonds is 4. The highest BCUT2D eigenvalue weighted by molar-refractivity contribution is 5.92. The van der Waals surface area contributed by atoms with Crippen LogP contribution in [0.1, 0.15) is 25.7 Å². The molecule has 2 amide bonds. The summed E-state index contributed by atoms with van der Waals surface area (Å²) < 4.78 is 19.7. The average Bonchev–Trinajstić information content (AvgIpc) is 3.16. The van der Waals surface area contributed by atoms with E-state index in [1.807, 2.05) is 30.3 Å². The molecular weight excluding hydrogens is 423 g/mol. The van der Waals surface area contributed by atoms with Gasteiger partial charge in [0, 0.05) is 17.2 Å². The number of aromatic nitrogens is 2. The zero-order valence-corrected chi connectivity index (χ0v) is 17.9. The summed E-state index contributed by atoms with van der Waals surface area (Å²) in [5.41, 5.74) is 1.02. The van der Waals surface area contributed by atoms with Crippen molar-refractivity contribution in [3.8, 4) is 11.3 Å². The van der Waals surface area contributed by atoms with Crippen LogP contribution < -0.4 is 10.2 Å². The Morgan fingerprint density at radius 2 is 1.76 bits per heavy atom. The predicted molar refractivity (Wildman–Crippen MR) is 121 cm³/mol. The van der Waals surface area contributed by atoms with E-state index in [0.29, 0.717) is 49.3 Å². The second-order valence-corrected chi connectivity index (χ2v) is 8.50. The number of halogens is 1. The molecule has 1 aromatic heterocycles. The third kappa shape index (κ3) is 4.28. The minimum Gasteiger partial charge on any atom is -0.441 e. The van der Waals surface area contributed by atoms with E-state index in [1.54, 1.807) is 23.1 Å². The molecule has 1 N–H and O–H groups in total. The van der Waals surface area contributed by atoms with Gasteiger partial charge in [-0.15, -0.1) is 0 Å². The summed E-state index contributed by atoms with van der Waals surface area (Å²) >= 11 is 0. The van der Waals surface area contributed by atoms with E-state index in [1.165, 1.54) is 18.5 Å². The van der Waals surface area contributed by atoms with Crippen LogP contribution >= 0.6 is 0 Å². The lowest BCUT2D eigenvalue weighted by Crippen LogP contribution is -2.41. The van der Waals surface area contributed by atoms with Crippen LogP contribution in [0.2, 0.25) is 0 Å². The zero-order valence-electron chi connectivity index (χ0n) is 17.9. The lowest BCUT2D eigenvalue weighted by molar-refractivity contribution is -0.122. The SMILES string of the molecule is O=C1O[C@]2(CC[C@H](C(=O)Nc3cnc(-c4ccccc4F)cn3)CC2)CN1c1ccccc1. The van der Waals surface area contributed by atoms with Gasteiger partial charge in [0.25, 0.3) is 0 Å². The molecule has 0 unspecified atom stereocenters. The van der Waals surface area contributed by atoms with Crippen LogP contribution in [0.4, 0.5) is 20.7 Å². The normalized spacial score (nSPS) is 22.3. The van der Waals surface area contributed by atoms with Crippen LogP contribution in [-0.2, 0) is 9.53 Å². The number of carbonyl (C=O) groups is 2. The number of anilines is 2. The van der Waals surface area contributed by atoms with Gasteiger partial charge in [0.1, 0.15) is 11.4 Å². The first-order chi connectivity index (χ1) is 16.0. The van der Waals surface area contributed by atoms with E-state index < -0.39 is 5.60 Å². The third-order valence-corrected chi connectivity index (χ3v) is 6.36. The van der Waals surface area contributed by atoms with Crippen molar-refractivity contribution in [2.24, 2.45) is 5.92 Å². The molecule has 2 aliphatic rings. The van der Waals surface area contributed by atoms with E-state index in [2.05, 4.69) is 15.3 Å². The van der Waals surface area contributed by atoms with Crippen molar-refractivity contribution >= 4 is 23.5 Å². The summed E-state index contributed by atoms with van der Waals surface area (Å²) in [6.45, 7) is 0.493. The maximum atomic E-state index is 13.9. The highest BCUT2D eigenvalue weighted by Crippen LogP contribution is 2.41. The van der Waals surface area contributed by atoms with Gasteiger partial charge in [0.05, 0.1) is 24.6 Å². The molecular formula is C25H23FN4O3. The quantitative estimate of drug-likeness (QED) is 0.622. The molecule has 1 aliphatic heterocycles. The predicted octanol–water partition coefficient (Wildman–Crippen LogP) is 4.81. The Morgan fingerprint density at radius 3 is 2.45 bits per heavy atom. The van der Waals surface area contributed by atoms with Crippen molar-refractivity contribution in [2.45, 2.75) is 31.3 Å². The van der Waals surface area contributed by atoms with Gasteiger partial charge in [0.15, 0.2) is 5.82 Å². The zero-order chi connectivity index (χ0) is 22.8. The number of nitrogens with one attached hydrogen (secondary N) is 1. The largest absolute Gasteiger partial charge is 0.441 e. The maximum absolute atomic E-state index is 13.9. The number of nitrogens with zero attached hydrogens (tertiary/aromatic N) is 3.